The van der Waals surface area contributed by atoms with E-state index in [0.29, 0.717) is 5.56 Å². The van der Waals surface area contributed by atoms with Crippen LogP contribution in [0.25, 0.3) is 6.08 Å². The van der Waals surface area contributed by atoms with Crippen molar-refractivity contribution < 1.29 is 21.6 Å². The molecular weight excluding hydrogens is 241 g/mol. The van der Waals surface area contributed by atoms with Crippen LogP contribution in [0.3, 0.4) is 0 Å². The zero-order valence-corrected chi connectivity index (χ0v) is 8.77. The largest absolute Gasteiger partial charge is 0.393 e. The Morgan fingerprint density at radius 3 is 2.31 bits per heavy atom. The molecule has 0 amide bonds. The average Bonchev–Trinajstić information content (AvgIpc) is 2.37. The first kappa shape index (κ1) is 11.2. The molecule has 1 aromatic rings. The van der Waals surface area contributed by atoms with E-state index in [1.54, 1.807) is 6.07 Å². The highest BCUT2D eigenvalue weighted by molar-refractivity contribution is 7.95. The Labute approximate surface area is 90.3 Å². The predicted molar refractivity (Wildman–Crippen MR) is 52.3 cm³/mol. The molecule has 1 aliphatic rings. The van der Waals surface area contributed by atoms with Gasteiger partial charge < -0.3 is 0 Å². The normalized spacial score (nSPS) is 18.1. The lowest BCUT2D eigenvalue weighted by atomic mass is 10.2. The molecule has 2 rings (SSSR count). The van der Waals surface area contributed by atoms with Gasteiger partial charge in [-0.25, -0.2) is 8.42 Å². The second-order valence-corrected chi connectivity index (χ2v) is 5.41. The fraction of sp³-hybridized carbons (Fsp3) is 0.200. The minimum absolute atomic E-state index is 0.0470. The van der Waals surface area contributed by atoms with Crippen LogP contribution in [0, 0.1) is 0 Å². The molecular formula is C10H7F3O2S. The molecule has 0 bridgehead atoms. The van der Waals surface area contributed by atoms with Crippen molar-refractivity contribution >= 4 is 15.9 Å². The number of allylic oxidation sites excluding steroid dienone is 1. The summed E-state index contributed by atoms with van der Waals surface area (Å²) in [6.07, 6.45) is -4.84. The monoisotopic (exact) mass is 248 g/mol. The first-order chi connectivity index (χ1) is 7.31. The van der Waals surface area contributed by atoms with Gasteiger partial charge in [0.1, 0.15) is 0 Å². The zero-order valence-electron chi connectivity index (χ0n) is 7.95. The lowest BCUT2D eigenvalue weighted by Gasteiger charge is -2.06. The molecule has 0 saturated carbocycles. The standard InChI is InChI=1S/C10H7F3O2S/c11-10(12,13)6-8-5-7-3-1-2-4-9(7)16(8,14)15/h1-5H,6H2. The van der Waals surface area contributed by atoms with E-state index < -0.39 is 27.3 Å². The van der Waals surface area contributed by atoms with E-state index in [4.69, 9.17) is 0 Å². The highest BCUT2D eigenvalue weighted by Gasteiger charge is 2.38. The van der Waals surface area contributed by atoms with Crippen LogP contribution < -0.4 is 0 Å². The number of hydrogen-bond acceptors (Lipinski definition) is 2. The quantitative estimate of drug-likeness (QED) is 0.765. The Hall–Kier alpha value is -1.30. The molecule has 1 aromatic carbocycles. The van der Waals surface area contributed by atoms with Gasteiger partial charge in [0.25, 0.3) is 0 Å². The van der Waals surface area contributed by atoms with E-state index in [1.165, 1.54) is 18.2 Å². The van der Waals surface area contributed by atoms with Crippen molar-refractivity contribution in [3.8, 4) is 0 Å². The molecule has 0 unspecified atom stereocenters. The highest BCUT2D eigenvalue weighted by Crippen LogP contribution is 2.38. The minimum atomic E-state index is -4.51. The Morgan fingerprint density at radius 1 is 1.12 bits per heavy atom. The zero-order chi connectivity index (χ0) is 12.0. The van der Waals surface area contributed by atoms with Crippen molar-refractivity contribution in [2.45, 2.75) is 17.5 Å². The summed E-state index contributed by atoms with van der Waals surface area (Å²) < 4.78 is 59.9. The van der Waals surface area contributed by atoms with Crippen molar-refractivity contribution in [2.24, 2.45) is 0 Å². The Balaban J connectivity index is 2.48. The van der Waals surface area contributed by atoms with Gasteiger partial charge in [0.15, 0.2) is 0 Å². The topological polar surface area (TPSA) is 34.1 Å². The number of fused-ring (bicyclic) bond motifs is 1. The summed E-state index contributed by atoms with van der Waals surface area (Å²) in [6.45, 7) is 0. The third-order valence-electron chi connectivity index (χ3n) is 2.24. The van der Waals surface area contributed by atoms with Gasteiger partial charge in [-0.1, -0.05) is 18.2 Å². The van der Waals surface area contributed by atoms with Crippen LogP contribution in [0.4, 0.5) is 13.2 Å². The first-order valence-corrected chi connectivity index (χ1v) is 5.90. The molecule has 0 aliphatic carbocycles. The van der Waals surface area contributed by atoms with Crippen LogP contribution in [-0.4, -0.2) is 14.6 Å². The van der Waals surface area contributed by atoms with Crippen LogP contribution in [-0.2, 0) is 9.84 Å². The smallest absolute Gasteiger partial charge is 0.219 e. The second kappa shape index (κ2) is 3.35. The molecule has 0 spiro atoms. The number of sulfone groups is 1. The number of benzene rings is 1. The highest BCUT2D eigenvalue weighted by atomic mass is 32.2. The van der Waals surface area contributed by atoms with Gasteiger partial charge in [0, 0.05) is 0 Å². The predicted octanol–water partition coefficient (Wildman–Crippen LogP) is 2.77. The molecule has 0 aromatic heterocycles. The molecule has 0 fully saturated rings. The van der Waals surface area contributed by atoms with E-state index in [9.17, 15) is 21.6 Å². The first-order valence-electron chi connectivity index (χ1n) is 4.42. The van der Waals surface area contributed by atoms with Gasteiger partial charge in [-0.15, -0.1) is 0 Å². The summed E-state index contributed by atoms with van der Waals surface area (Å²) in [5.41, 5.74) is 0.321. The van der Waals surface area contributed by atoms with E-state index in [1.807, 2.05) is 0 Å². The number of hydrogen-bond donors (Lipinski definition) is 0. The van der Waals surface area contributed by atoms with E-state index in [0.717, 1.165) is 6.08 Å². The summed E-state index contributed by atoms with van der Waals surface area (Å²) in [7, 11) is -3.94. The molecule has 86 valence electrons. The van der Waals surface area contributed by atoms with Crippen molar-refractivity contribution in [1.29, 1.82) is 0 Å². The SMILES string of the molecule is O=S1(=O)C(CC(F)(F)F)=Cc2ccccc21. The molecule has 6 heteroatoms. The third-order valence-corrected chi connectivity index (χ3v) is 4.15. The fourth-order valence-electron chi connectivity index (χ4n) is 1.58. The third kappa shape index (κ3) is 1.84. The number of rotatable bonds is 1. The van der Waals surface area contributed by atoms with Crippen LogP contribution in [0.1, 0.15) is 12.0 Å². The maximum atomic E-state index is 12.2. The maximum absolute atomic E-state index is 12.2. The summed E-state index contributed by atoms with van der Waals surface area (Å²) in [4.78, 5) is -0.629. The van der Waals surface area contributed by atoms with Gasteiger partial charge >= 0.3 is 6.18 Å². The molecule has 2 nitrogen and oxygen atoms in total. The number of halogens is 3. The molecule has 0 saturated heterocycles. The van der Waals surface area contributed by atoms with Crippen LogP contribution in [0.2, 0.25) is 0 Å². The maximum Gasteiger partial charge on any atom is 0.393 e. The van der Waals surface area contributed by atoms with Crippen LogP contribution >= 0.6 is 0 Å². The van der Waals surface area contributed by atoms with E-state index in [2.05, 4.69) is 0 Å². The fourth-order valence-corrected chi connectivity index (χ4v) is 3.19. The van der Waals surface area contributed by atoms with Gasteiger partial charge in [0.2, 0.25) is 9.84 Å². The molecule has 1 aliphatic heterocycles. The molecule has 1 heterocycles. The Morgan fingerprint density at radius 2 is 1.75 bits per heavy atom. The molecule has 16 heavy (non-hydrogen) atoms. The summed E-state index contributed by atoms with van der Waals surface area (Å²) >= 11 is 0. The lowest BCUT2D eigenvalue weighted by Crippen LogP contribution is -2.12. The van der Waals surface area contributed by atoms with Crippen molar-refractivity contribution in [3.05, 3.63) is 34.7 Å². The van der Waals surface area contributed by atoms with Gasteiger partial charge in [-0.05, 0) is 17.7 Å². The average molecular weight is 248 g/mol. The van der Waals surface area contributed by atoms with Gasteiger partial charge in [-0.2, -0.15) is 13.2 Å². The van der Waals surface area contributed by atoms with Crippen molar-refractivity contribution in [3.63, 3.8) is 0 Å². The second-order valence-electron chi connectivity index (χ2n) is 3.44. The number of alkyl halides is 3. The van der Waals surface area contributed by atoms with E-state index in [-0.39, 0.29) is 4.90 Å². The Kier molecular flexibility index (Phi) is 2.34. The van der Waals surface area contributed by atoms with Crippen LogP contribution in [0.15, 0.2) is 34.1 Å². The van der Waals surface area contributed by atoms with E-state index >= 15 is 0 Å². The molecule has 0 atom stereocenters. The molecule has 0 radical (unpaired) electrons. The summed E-state index contributed by atoms with van der Waals surface area (Å²) in [5.74, 6) is 0. The van der Waals surface area contributed by atoms with Crippen molar-refractivity contribution in [2.75, 3.05) is 0 Å². The lowest BCUT2D eigenvalue weighted by molar-refractivity contribution is -0.125. The van der Waals surface area contributed by atoms with Crippen LogP contribution in [0.5, 0.6) is 0 Å². The van der Waals surface area contributed by atoms with Gasteiger partial charge in [0.05, 0.1) is 16.2 Å². The Bertz CT molecular complexity index is 556. The van der Waals surface area contributed by atoms with Gasteiger partial charge in [-0.3, -0.25) is 0 Å². The minimum Gasteiger partial charge on any atom is -0.219 e. The van der Waals surface area contributed by atoms with Crippen molar-refractivity contribution in [1.82, 2.24) is 0 Å². The molecule has 0 N–H and O–H groups in total. The summed E-state index contributed by atoms with van der Waals surface area (Å²) in [5, 5.41) is 0. The summed E-state index contributed by atoms with van der Waals surface area (Å²) in [6, 6.07) is 5.86.